The minimum absolute atomic E-state index is 0.0186. The molecule has 1 aromatic carbocycles. The molecule has 1 aromatic heterocycles. The molecular formula is C13H12ClN3O3S. The second-order valence-electron chi connectivity index (χ2n) is 4.34. The molecule has 21 heavy (non-hydrogen) atoms. The summed E-state index contributed by atoms with van der Waals surface area (Å²) >= 11 is 5.69. The third-order valence-electron chi connectivity index (χ3n) is 2.70. The smallest absolute Gasteiger partial charge is 0.274 e. The van der Waals surface area contributed by atoms with Crippen LogP contribution in [0.3, 0.4) is 0 Å². The summed E-state index contributed by atoms with van der Waals surface area (Å²) in [5, 5.41) is 8.12. The van der Waals surface area contributed by atoms with Crippen LogP contribution in [0, 0.1) is 6.92 Å². The van der Waals surface area contributed by atoms with Crippen LogP contribution in [0.4, 0.5) is 5.69 Å². The molecule has 1 amide bonds. The zero-order valence-electron chi connectivity index (χ0n) is 11.0. The number of benzene rings is 1. The van der Waals surface area contributed by atoms with Crippen molar-refractivity contribution in [3.63, 3.8) is 0 Å². The predicted octanol–water partition coefficient (Wildman–Crippen LogP) is 1.94. The molecule has 110 valence electrons. The lowest BCUT2D eigenvalue weighted by Gasteiger charge is -2.08. The molecule has 0 spiro atoms. The first-order chi connectivity index (χ1) is 9.77. The number of hydrogen-bond acceptors (Lipinski definition) is 4. The van der Waals surface area contributed by atoms with Crippen LogP contribution in [0.1, 0.15) is 16.1 Å². The molecule has 0 saturated heterocycles. The average molecular weight is 326 g/mol. The molecule has 3 N–H and O–H groups in total. The predicted molar refractivity (Wildman–Crippen MR) is 79.8 cm³/mol. The zero-order valence-corrected chi connectivity index (χ0v) is 12.6. The lowest BCUT2D eigenvalue weighted by molar-refractivity contribution is 0.102. The van der Waals surface area contributed by atoms with Gasteiger partial charge in [0.15, 0.2) is 0 Å². The van der Waals surface area contributed by atoms with Gasteiger partial charge in [-0.1, -0.05) is 11.6 Å². The van der Waals surface area contributed by atoms with Crippen molar-refractivity contribution in [2.24, 2.45) is 5.14 Å². The number of nitrogens with zero attached hydrogens (tertiary/aromatic N) is 1. The number of rotatable bonds is 3. The fourth-order valence-electron chi connectivity index (χ4n) is 1.75. The minimum Gasteiger partial charge on any atom is -0.321 e. The Balaban J connectivity index is 2.22. The van der Waals surface area contributed by atoms with E-state index in [4.69, 9.17) is 16.7 Å². The average Bonchev–Trinajstić information content (AvgIpc) is 2.37. The molecule has 2 rings (SSSR count). The van der Waals surface area contributed by atoms with E-state index >= 15 is 0 Å². The molecule has 2 aromatic rings. The molecule has 8 heteroatoms. The highest BCUT2D eigenvalue weighted by Gasteiger charge is 2.13. The lowest BCUT2D eigenvalue weighted by atomic mass is 10.2. The van der Waals surface area contributed by atoms with Gasteiger partial charge < -0.3 is 5.32 Å². The number of sulfonamides is 1. The number of pyridine rings is 1. The van der Waals surface area contributed by atoms with Crippen LogP contribution in [-0.2, 0) is 10.0 Å². The molecular weight excluding hydrogens is 314 g/mol. The van der Waals surface area contributed by atoms with Crippen LogP contribution < -0.4 is 10.5 Å². The van der Waals surface area contributed by atoms with Gasteiger partial charge in [0.1, 0.15) is 5.69 Å². The highest BCUT2D eigenvalue weighted by Crippen LogP contribution is 2.19. The van der Waals surface area contributed by atoms with Crippen LogP contribution in [0.5, 0.6) is 0 Å². The second kappa shape index (κ2) is 5.80. The number of carbonyl (C=O) groups excluding carboxylic acids is 1. The Bertz CT molecular complexity index is 789. The Morgan fingerprint density at radius 1 is 1.29 bits per heavy atom. The number of carbonyl (C=O) groups is 1. The maximum Gasteiger partial charge on any atom is 0.274 e. The Kier molecular flexibility index (Phi) is 4.26. The summed E-state index contributed by atoms with van der Waals surface area (Å²) in [5.41, 5.74) is 1.09. The van der Waals surface area contributed by atoms with Crippen molar-refractivity contribution in [1.82, 2.24) is 4.98 Å². The van der Waals surface area contributed by atoms with Crippen LogP contribution in [0.2, 0.25) is 5.02 Å². The summed E-state index contributed by atoms with van der Waals surface area (Å²) in [6.07, 6.45) is 1.37. The van der Waals surface area contributed by atoms with Crippen molar-refractivity contribution in [3.8, 4) is 0 Å². The molecule has 0 radical (unpaired) electrons. The number of nitrogens with two attached hydrogens (primary N) is 1. The van der Waals surface area contributed by atoms with Crippen molar-refractivity contribution in [1.29, 1.82) is 0 Å². The van der Waals surface area contributed by atoms with Gasteiger partial charge in [-0.15, -0.1) is 0 Å². The molecule has 0 bridgehead atoms. The number of anilines is 1. The Labute approximate surface area is 127 Å². The van der Waals surface area contributed by atoms with Gasteiger partial charge in [-0.25, -0.2) is 18.5 Å². The van der Waals surface area contributed by atoms with Gasteiger partial charge in [0, 0.05) is 11.9 Å². The standard InChI is InChI=1S/C13H12ClN3O3S/c1-8-6-10(3-5-12(8)21(15,19)20)17-13(18)11-4-2-9(14)7-16-11/h2-7H,1H3,(H,17,18)(H2,15,19,20). The third-order valence-corrected chi connectivity index (χ3v) is 3.99. The number of primary sulfonamides is 1. The van der Waals surface area contributed by atoms with Gasteiger partial charge in [-0.05, 0) is 42.8 Å². The van der Waals surface area contributed by atoms with Crippen molar-refractivity contribution < 1.29 is 13.2 Å². The molecule has 0 aliphatic carbocycles. The Morgan fingerprint density at radius 2 is 2.00 bits per heavy atom. The molecule has 0 atom stereocenters. The van der Waals surface area contributed by atoms with E-state index in [1.54, 1.807) is 13.0 Å². The summed E-state index contributed by atoms with van der Waals surface area (Å²) in [6, 6.07) is 7.37. The van der Waals surface area contributed by atoms with Crippen LogP contribution in [-0.4, -0.2) is 19.3 Å². The molecule has 0 aliphatic rings. The van der Waals surface area contributed by atoms with Gasteiger partial charge in [0.25, 0.3) is 5.91 Å². The normalized spacial score (nSPS) is 11.2. The SMILES string of the molecule is Cc1cc(NC(=O)c2ccc(Cl)cn2)ccc1S(N)(=O)=O. The van der Waals surface area contributed by atoms with E-state index < -0.39 is 15.9 Å². The summed E-state index contributed by atoms with van der Waals surface area (Å²) in [5.74, 6) is -0.422. The van der Waals surface area contributed by atoms with Crippen LogP contribution in [0.25, 0.3) is 0 Å². The zero-order chi connectivity index (χ0) is 15.6. The number of amides is 1. The molecule has 0 aliphatic heterocycles. The Hall–Kier alpha value is -1.96. The first-order valence-corrected chi connectivity index (χ1v) is 7.76. The van der Waals surface area contributed by atoms with E-state index in [9.17, 15) is 13.2 Å². The van der Waals surface area contributed by atoms with Crippen molar-refractivity contribution in [3.05, 3.63) is 52.8 Å². The topological polar surface area (TPSA) is 102 Å². The number of nitrogens with one attached hydrogen (secondary N) is 1. The summed E-state index contributed by atoms with van der Waals surface area (Å²) < 4.78 is 22.6. The van der Waals surface area contributed by atoms with Gasteiger partial charge in [0.2, 0.25) is 10.0 Å². The van der Waals surface area contributed by atoms with Crippen molar-refractivity contribution in [2.75, 3.05) is 5.32 Å². The fraction of sp³-hybridized carbons (Fsp3) is 0.0769. The number of aryl methyl sites for hydroxylation is 1. The molecule has 0 fully saturated rings. The summed E-state index contributed by atoms with van der Waals surface area (Å²) in [4.78, 5) is 15.9. The number of halogens is 1. The van der Waals surface area contributed by atoms with E-state index in [0.29, 0.717) is 16.3 Å². The first kappa shape index (κ1) is 15.4. The molecule has 0 unspecified atom stereocenters. The number of hydrogen-bond donors (Lipinski definition) is 2. The molecule has 6 nitrogen and oxygen atoms in total. The van der Waals surface area contributed by atoms with E-state index in [1.165, 1.54) is 30.5 Å². The third kappa shape index (κ3) is 3.78. The summed E-state index contributed by atoms with van der Waals surface area (Å²) in [7, 11) is -3.78. The first-order valence-electron chi connectivity index (χ1n) is 5.84. The van der Waals surface area contributed by atoms with E-state index in [1.807, 2.05) is 0 Å². The van der Waals surface area contributed by atoms with Crippen molar-refractivity contribution in [2.45, 2.75) is 11.8 Å². The summed E-state index contributed by atoms with van der Waals surface area (Å²) in [6.45, 7) is 1.59. The second-order valence-corrected chi connectivity index (χ2v) is 6.31. The highest BCUT2D eigenvalue weighted by molar-refractivity contribution is 7.89. The van der Waals surface area contributed by atoms with Crippen LogP contribution in [0.15, 0.2) is 41.4 Å². The Morgan fingerprint density at radius 3 is 2.52 bits per heavy atom. The number of aromatic nitrogens is 1. The van der Waals surface area contributed by atoms with Crippen molar-refractivity contribution >= 4 is 33.2 Å². The van der Waals surface area contributed by atoms with Gasteiger partial charge >= 0.3 is 0 Å². The largest absolute Gasteiger partial charge is 0.321 e. The molecule has 1 heterocycles. The molecule has 0 saturated carbocycles. The van der Waals surface area contributed by atoms with E-state index in [-0.39, 0.29) is 10.6 Å². The lowest BCUT2D eigenvalue weighted by Crippen LogP contribution is -2.16. The fourth-order valence-corrected chi connectivity index (χ4v) is 2.63. The van der Waals surface area contributed by atoms with Gasteiger partial charge in [-0.2, -0.15) is 0 Å². The van der Waals surface area contributed by atoms with Crippen LogP contribution >= 0.6 is 11.6 Å². The van der Waals surface area contributed by atoms with E-state index in [0.717, 1.165) is 0 Å². The maximum atomic E-state index is 12.0. The van der Waals surface area contributed by atoms with E-state index in [2.05, 4.69) is 10.3 Å². The highest BCUT2D eigenvalue weighted by atomic mass is 35.5. The monoisotopic (exact) mass is 325 g/mol. The minimum atomic E-state index is -3.78. The maximum absolute atomic E-state index is 12.0. The van der Waals surface area contributed by atoms with Gasteiger partial charge in [0.05, 0.1) is 9.92 Å². The van der Waals surface area contributed by atoms with Gasteiger partial charge in [-0.3, -0.25) is 4.79 Å². The quantitative estimate of drug-likeness (QED) is 0.900.